The SMILES string of the molecule is CCCC1=CCC2C(C(=O)Oc3ccc(-c4ccc(OC)c(F)c4F)c(F)c3F)CCC12. The van der Waals surface area contributed by atoms with Gasteiger partial charge in [-0.2, -0.15) is 8.78 Å². The van der Waals surface area contributed by atoms with Crippen molar-refractivity contribution in [1.82, 2.24) is 0 Å². The number of esters is 1. The number of benzene rings is 2. The molecule has 2 aliphatic carbocycles. The van der Waals surface area contributed by atoms with Gasteiger partial charge in [0.25, 0.3) is 0 Å². The summed E-state index contributed by atoms with van der Waals surface area (Å²) >= 11 is 0. The number of carbonyl (C=O) groups is 1. The third kappa shape index (κ3) is 3.78. The fraction of sp³-hybridized carbons (Fsp3) is 0.400. The molecule has 0 heterocycles. The summed E-state index contributed by atoms with van der Waals surface area (Å²) in [6.45, 7) is 2.11. The number of fused-ring (bicyclic) bond motifs is 1. The molecule has 1 saturated carbocycles. The van der Waals surface area contributed by atoms with Gasteiger partial charge in [0.05, 0.1) is 13.0 Å². The molecule has 2 aliphatic rings. The van der Waals surface area contributed by atoms with Crippen molar-refractivity contribution in [3.8, 4) is 22.6 Å². The van der Waals surface area contributed by atoms with Gasteiger partial charge >= 0.3 is 5.97 Å². The van der Waals surface area contributed by atoms with E-state index in [0.717, 1.165) is 49.9 Å². The van der Waals surface area contributed by atoms with E-state index in [0.29, 0.717) is 12.3 Å². The molecule has 170 valence electrons. The third-order valence-corrected chi connectivity index (χ3v) is 6.61. The first-order chi connectivity index (χ1) is 15.4. The molecular weight excluding hydrogens is 424 g/mol. The number of rotatable bonds is 6. The molecule has 0 N–H and O–H groups in total. The molecule has 0 amide bonds. The van der Waals surface area contributed by atoms with Gasteiger partial charge in [-0.05, 0) is 61.8 Å². The smallest absolute Gasteiger partial charge is 0.314 e. The molecule has 0 aliphatic heterocycles. The maximum Gasteiger partial charge on any atom is 0.314 e. The fourth-order valence-electron chi connectivity index (χ4n) is 5.06. The Labute approximate surface area is 184 Å². The number of hydrogen-bond donors (Lipinski definition) is 0. The topological polar surface area (TPSA) is 35.5 Å². The van der Waals surface area contributed by atoms with Gasteiger partial charge in [0.1, 0.15) is 0 Å². The minimum atomic E-state index is -1.42. The van der Waals surface area contributed by atoms with E-state index < -0.39 is 46.1 Å². The van der Waals surface area contributed by atoms with Crippen molar-refractivity contribution in [3.05, 3.63) is 59.2 Å². The summed E-state index contributed by atoms with van der Waals surface area (Å²) in [6.07, 6.45) is 6.56. The first kappa shape index (κ1) is 22.4. The predicted octanol–water partition coefficient (Wildman–Crippen LogP) is 6.60. The van der Waals surface area contributed by atoms with Crippen LogP contribution in [0.4, 0.5) is 17.6 Å². The largest absolute Gasteiger partial charge is 0.494 e. The summed E-state index contributed by atoms with van der Waals surface area (Å²) in [5.41, 5.74) is 0.436. The lowest BCUT2D eigenvalue weighted by atomic mass is 9.88. The zero-order valence-corrected chi connectivity index (χ0v) is 17.9. The van der Waals surface area contributed by atoms with E-state index in [-0.39, 0.29) is 17.6 Å². The summed E-state index contributed by atoms with van der Waals surface area (Å²) in [7, 11) is 1.17. The van der Waals surface area contributed by atoms with Crippen molar-refractivity contribution < 1.29 is 31.8 Å². The van der Waals surface area contributed by atoms with Gasteiger partial charge in [-0.3, -0.25) is 4.79 Å². The van der Waals surface area contributed by atoms with E-state index in [1.165, 1.54) is 12.7 Å². The predicted molar refractivity (Wildman–Crippen MR) is 111 cm³/mol. The molecule has 2 aromatic carbocycles. The average molecular weight is 448 g/mol. The van der Waals surface area contributed by atoms with Crippen LogP contribution in [0.1, 0.15) is 39.0 Å². The number of hydrogen-bond acceptors (Lipinski definition) is 3. The van der Waals surface area contributed by atoms with E-state index in [1.807, 2.05) is 0 Å². The fourth-order valence-corrected chi connectivity index (χ4v) is 5.06. The molecule has 0 radical (unpaired) electrons. The summed E-state index contributed by atoms with van der Waals surface area (Å²) in [4.78, 5) is 12.8. The van der Waals surface area contributed by atoms with E-state index >= 15 is 0 Å². The van der Waals surface area contributed by atoms with Gasteiger partial charge in [0.15, 0.2) is 23.1 Å². The lowest BCUT2D eigenvalue weighted by molar-refractivity contribution is -0.140. The Morgan fingerprint density at radius 1 is 0.938 bits per heavy atom. The summed E-state index contributed by atoms with van der Waals surface area (Å²) < 4.78 is 67.7. The molecule has 3 atom stereocenters. The van der Waals surface area contributed by atoms with Crippen molar-refractivity contribution in [1.29, 1.82) is 0 Å². The number of halogens is 4. The highest BCUT2D eigenvalue weighted by Crippen LogP contribution is 2.49. The van der Waals surface area contributed by atoms with E-state index in [4.69, 9.17) is 4.74 Å². The van der Waals surface area contributed by atoms with Crippen LogP contribution in [0.2, 0.25) is 0 Å². The van der Waals surface area contributed by atoms with Crippen LogP contribution < -0.4 is 9.47 Å². The number of allylic oxidation sites excluding steroid dienone is 2. The first-order valence-corrected chi connectivity index (χ1v) is 10.8. The van der Waals surface area contributed by atoms with Gasteiger partial charge in [0, 0.05) is 11.1 Å². The maximum atomic E-state index is 14.7. The highest BCUT2D eigenvalue weighted by atomic mass is 19.2. The van der Waals surface area contributed by atoms with Gasteiger partial charge in [-0.1, -0.05) is 25.0 Å². The first-order valence-electron chi connectivity index (χ1n) is 10.8. The normalized spacial score (nSPS) is 21.9. The molecular formula is C25H24F4O3. The van der Waals surface area contributed by atoms with Crippen LogP contribution in [0, 0.1) is 41.0 Å². The van der Waals surface area contributed by atoms with Gasteiger partial charge in [0.2, 0.25) is 11.6 Å². The van der Waals surface area contributed by atoms with E-state index in [1.54, 1.807) is 0 Å². The van der Waals surface area contributed by atoms with E-state index in [9.17, 15) is 22.4 Å². The van der Waals surface area contributed by atoms with Crippen LogP contribution in [0.15, 0.2) is 35.9 Å². The lowest BCUT2D eigenvalue weighted by Gasteiger charge is -2.19. The molecule has 4 rings (SSSR count). The van der Waals surface area contributed by atoms with Crippen molar-refractivity contribution in [2.24, 2.45) is 17.8 Å². The molecule has 0 saturated heterocycles. The Morgan fingerprint density at radius 3 is 2.19 bits per heavy atom. The molecule has 1 fully saturated rings. The molecule has 2 aromatic rings. The van der Waals surface area contributed by atoms with Crippen LogP contribution >= 0.6 is 0 Å². The Balaban J connectivity index is 1.54. The van der Waals surface area contributed by atoms with Crippen molar-refractivity contribution in [2.75, 3.05) is 7.11 Å². The molecule has 32 heavy (non-hydrogen) atoms. The second-order valence-corrected chi connectivity index (χ2v) is 8.32. The summed E-state index contributed by atoms with van der Waals surface area (Å²) in [6, 6.07) is 4.35. The van der Waals surface area contributed by atoms with Crippen LogP contribution in [0.5, 0.6) is 11.5 Å². The van der Waals surface area contributed by atoms with Crippen LogP contribution in [0.3, 0.4) is 0 Å². The molecule has 3 unspecified atom stereocenters. The monoisotopic (exact) mass is 448 g/mol. The Bertz CT molecular complexity index is 1080. The quantitative estimate of drug-likeness (QED) is 0.216. The number of carbonyl (C=O) groups excluding carboxylic acids is 1. The molecule has 0 bridgehead atoms. The number of methoxy groups -OCH3 is 1. The Hall–Kier alpha value is -2.83. The third-order valence-electron chi connectivity index (χ3n) is 6.61. The minimum Gasteiger partial charge on any atom is -0.494 e. The van der Waals surface area contributed by atoms with Crippen LogP contribution in [-0.2, 0) is 4.79 Å². The Kier molecular flexibility index (Phi) is 6.26. The summed E-state index contributed by atoms with van der Waals surface area (Å²) in [5.74, 6) is -6.89. The molecule has 0 aromatic heterocycles. The average Bonchev–Trinajstić information content (AvgIpc) is 3.37. The van der Waals surface area contributed by atoms with Crippen molar-refractivity contribution >= 4 is 5.97 Å². The minimum absolute atomic E-state index is 0.132. The van der Waals surface area contributed by atoms with Gasteiger partial charge in [-0.15, -0.1) is 0 Å². The van der Waals surface area contributed by atoms with Crippen molar-refractivity contribution in [3.63, 3.8) is 0 Å². The van der Waals surface area contributed by atoms with Crippen molar-refractivity contribution in [2.45, 2.75) is 39.0 Å². The highest BCUT2D eigenvalue weighted by molar-refractivity contribution is 5.77. The van der Waals surface area contributed by atoms with Crippen LogP contribution in [-0.4, -0.2) is 13.1 Å². The lowest BCUT2D eigenvalue weighted by Crippen LogP contribution is -2.25. The second-order valence-electron chi connectivity index (χ2n) is 8.32. The van der Waals surface area contributed by atoms with Gasteiger partial charge < -0.3 is 9.47 Å². The zero-order chi connectivity index (χ0) is 23.0. The summed E-state index contributed by atoms with van der Waals surface area (Å²) in [5, 5.41) is 0. The molecule has 3 nitrogen and oxygen atoms in total. The molecule has 7 heteroatoms. The zero-order valence-electron chi connectivity index (χ0n) is 17.9. The molecule has 0 spiro atoms. The second kappa shape index (κ2) is 8.96. The number of ether oxygens (including phenoxy) is 2. The van der Waals surface area contributed by atoms with Crippen LogP contribution in [0.25, 0.3) is 11.1 Å². The Morgan fingerprint density at radius 2 is 1.56 bits per heavy atom. The standard InChI is InChI=1S/C25H24F4O3/c1-3-4-13-5-6-15-14(13)7-8-18(15)25(30)32-20-12-10-17(22(27)24(20)29)16-9-11-19(31-2)23(28)21(16)26/h5,9-12,14-15,18H,3-4,6-8H2,1-2H3. The van der Waals surface area contributed by atoms with Gasteiger partial charge in [-0.25, -0.2) is 8.78 Å². The maximum absolute atomic E-state index is 14.7. The van der Waals surface area contributed by atoms with E-state index in [2.05, 4.69) is 17.7 Å². The highest BCUT2D eigenvalue weighted by Gasteiger charge is 2.44.